The Morgan fingerprint density at radius 3 is 2.56 bits per heavy atom. The molecule has 0 aliphatic carbocycles. The Labute approximate surface area is 161 Å². The van der Waals surface area contributed by atoms with Crippen molar-refractivity contribution in [1.29, 1.82) is 0 Å². The van der Waals surface area contributed by atoms with Gasteiger partial charge in [0, 0.05) is 39.6 Å². The second-order valence-electron chi connectivity index (χ2n) is 6.03. The molecule has 0 saturated carbocycles. The van der Waals surface area contributed by atoms with Gasteiger partial charge in [-0.25, -0.2) is 4.98 Å². The number of aromatic amines is 1. The molecule has 1 amide bonds. The third-order valence-electron chi connectivity index (χ3n) is 4.21. The van der Waals surface area contributed by atoms with E-state index >= 15 is 0 Å². The van der Waals surface area contributed by atoms with Crippen molar-refractivity contribution in [2.24, 2.45) is 0 Å². The number of halogens is 1. The molecule has 5 heteroatoms. The molecular formula is C22H16ClN3O. The topological polar surface area (TPSA) is 57.8 Å². The van der Waals surface area contributed by atoms with Crippen molar-refractivity contribution in [3.05, 3.63) is 95.3 Å². The quantitative estimate of drug-likeness (QED) is 0.471. The highest BCUT2D eigenvalue weighted by Gasteiger charge is 2.14. The summed E-state index contributed by atoms with van der Waals surface area (Å²) < 4.78 is 0. The van der Waals surface area contributed by atoms with E-state index in [0.717, 1.165) is 22.2 Å². The van der Waals surface area contributed by atoms with E-state index < -0.39 is 0 Å². The molecule has 0 radical (unpaired) electrons. The van der Waals surface area contributed by atoms with Crippen molar-refractivity contribution in [2.75, 3.05) is 5.32 Å². The number of anilines is 1. The maximum Gasteiger partial charge on any atom is 0.256 e. The molecule has 0 saturated heterocycles. The first-order chi connectivity index (χ1) is 13.2. The third kappa shape index (κ3) is 3.76. The zero-order valence-corrected chi connectivity index (χ0v) is 15.1. The van der Waals surface area contributed by atoms with Crippen molar-refractivity contribution in [1.82, 2.24) is 9.97 Å². The first kappa shape index (κ1) is 17.1. The smallest absolute Gasteiger partial charge is 0.256 e. The number of H-pyrrole nitrogens is 1. The number of hydrogen-bond donors (Lipinski definition) is 2. The fourth-order valence-electron chi connectivity index (χ4n) is 2.88. The Balaban J connectivity index is 1.75. The fourth-order valence-corrected chi connectivity index (χ4v) is 3.01. The summed E-state index contributed by atoms with van der Waals surface area (Å²) in [4.78, 5) is 20.5. The zero-order chi connectivity index (χ0) is 18.6. The van der Waals surface area contributed by atoms with Crippen LogP contribution in [0.25, 0.3) is 22.7 Å². The molecule has 132 valence electrons. The number of nitrogens with zero attached hydrogens (tertiary/aromatic N) is 1. The van der Waals surface area contributed by atoms with Gasteiger partial charge in [-0.05, 0) is 48.0 Å². The van der Waals surface area contributed by atoms with E-state index in [1.165, 1.54) is 0 Å². The summed E-state index contributed by atoms with van der Waals surface area (Å²) >= 11 is 5.92. The molecule has 2 aromatic carbocycles. The predicted octanol–water partition coefficient (Wildman–Crippen LogP) is 5.40. The van der Waals surface area contributed by atoms with E-state index in [4.69, 9.17) is 11.6 Å². The van der Waals surface area contributed by atoms with Crippen LogP contribution in [-0.2, 0) is 4.79 Å². The summed E-state index contributed by atoms with van der Waals surface area (Å²) in [5.74, 6) is -0.193. The lowest BCUT2D eigenvalue weighted by molar-refractivity contribution is -0.111. The molecule has 0 atom stereocenters. The van der Waals surface area contributed by atoms with Crippen LogP contribution in [0.4, 0.5) is 5.69 Å². The Kier molecular flexibility index (Phi) is 4.73. The fraction of sp³-hybridized carbons (Fsp3) is 0. The minimum absolute atomic E-state index is 0.193. The summed E-state index contributed by atoms with van der Waals surface area (Å²) in [6.45, 7) is 0. The van der Waals surface area contributed by atoms with Crippen LogP contribution in [0, 0.1) is 0 Å². The average molecular weight is 374 g/mol. The van der Waals surface area contributed by atoms with Gasteiger partial charge in [0.15, 0.2) is 0 Å². The maximum absolute atomic E-state index is 13.0. The Bertz CT molecular complexity index is 1120. The van der Waals surface area contributed by atoms with Crippen LogP contribution in [0.3, 0.4) is 0 Å². The zero-order valence-electron chi connectivity index (χ0n) is 14.3. The van der Waals surface area contributed by atoms with Crippen LogP contribution < -0.4 is 5.32 Å². The third-order valence-corrected chi connectivity index (χ3v) is 4.47. The molecule has 27 heavy (non-hydrogen) atoms. The van der Waals surface area contributed by atoms with Gasteiger partial charge < -0.3 is 10.3 Å². The Morgan fingerprint density at radius 1 is 1.00 bits per heavy atom. The van der Waals surface area contributed by atoms with Gasteiger partial charge in [0.2, 0.25) is 0 Å². The number of carbonyl (C=O) groups is 1. The average Bonchev–Trinajstić information content (AvgIpc) is 3.11. The predicted molar refractivity (Wildman–Crippen MR) is 110 cm³/mol. The lowest BCUT2D eigenvalue weighted by Gasteiger charge is -2.10. The highest BCUT2D eigenvalue weighted by Crippen LogP contribution is 2.25. The maximum atomic E-state index is 13.0. The number of nitrogens with one attached hydrogen (secondary N) is 2. The van der Waals surface area contributed by atoms with E-state index in [-0.39, 0.29) is 5.91 Å². The number of benzene rings is 2. The van der Waals surface area contributed by atoms with Crippen molar-refractivity contribution < 1.29 is 4.79 Å². The van der Waals surface area contributed by atoms with Crippen molar-refractivity contribution in [3.8, 4) is 0 Å². The minimum Gasteiger partial charge on any atom is -0.346 e. The van der Waals surface area contributed by atoms with Gasteiger partial charge >= 0.3 is 0 Å². The molecule has 0 spiro atoms. The van der Waals surface area contributed by atoms with Crippen LogP contribution >= 0.6 is 11.6 Å². The monoisotopic (exact) mass is 373 g/mol. The minimum atomic E-state index is -0.193. The van der Waals surface area contributed by atoms with Gasteiger partial charge in [-0.3, -0.25) is 4.79 Å². The van der Waals surface area contributed by atoms with E-state index in [9.17, 15) is 4.79 Å². The largest absolute Gasteiger partial charge is 0.346 e. The molecule has 4 aromatic rings. The van der Waals surface area contributed by atoms with Crippen LogP contribution in [0.5, 0.6) is 0 Å². The molecule has 4 nitrogen and oxygen atoms in total. The first-order valence-corrected chi connectivity index (χ1v) is 8.84. The van der Waals surface area contributed by atoms with Crippen molar-refractivity contribution >= 4 is 45.9 Å². The number of rotatable bonds is 4. The molecule has 0 aliphatic rings. The Hall–Kier alpha value is -3.37. The molecule has 2 heterocycles. The van der Waals surface area contributed by atoms with Crippen LogP contribution in [-0.4, -0.2) is 15.9 Å². The summed E-state index contributed by atoms with van der Waals surface area (Å²) in [6, 6.07) is 20.5. The Morgan fingerprint density at radius 2 is 1.78 bits per heavy atom. The van der Waals surface area contributed by atoms with Crippen molar-refractivity contribution in [3.63, 3.8) is 0 Å². The summed E-state index contributed by atoms with van der Waals surface area (Å²) in [7, 11) is 0. The van der Waals surface area contributed by atoms with Crippen LogP contribution in [0.1, 0.15) is 11.1 Å². The molecule has 0 aliphatic heterocycles. The number of pyridine rings is 1. The van der Waals surface area contributed by atoms with E-state index in [1.54, 1.807) is 30.5 Å². The second kappa shape index (κ2) is 7.48. The molecule has 4 rings (SSSR count). The molecule has 2 N–H and O–H groups in total. The highest BCUT2D eigenvalue weighted by molar-refractivity contribution is 6.31. The standard InChI is InChI=1S/C22H16ClN3O/c23-17-8-10-18(11-9-17)26-22(27)20(15-5-2-1-3-6-15)13-16-14-25-21-19(16)7-4-12-24-21/h1-14H,(H,24,25)(H,26,27)/b20-13+. The number of carbonyl (C=O) groups excluding carboxylic acids is 1. The number of aromatic nitrogens is 2. The normalized spacial score (nSPS) is 11.5. The SMILES string of the molecule is O=C(Nc1ccc(Cl)cc1)/C(=C/c1c[nH]c2ncccc12)c1ccccc1. The van der Waals surface area contributed by atoms with E-state index in [0.29, 0.717) is 16.3 Å². The lowest BCUT2D eigenvalue weighted by atomic mass is 10.0. The summed E-state index contributed by atoms with van der Waals surface area (Å²) in [5.41, 5.74) is 3.78. The molecule has 0 bridgehead atoms. The number of amides is 1. The van der Waals surface area contributed by atoms with Crippen molar-refractivity contribution in [2.45, 2.75) is 0 Å². The van der Waals surface area contributed by atoms with E-state index in [1.807, 2.05) is 54.7 Å². The number of hydrogen-bond acceptors (Lipinski definition) is 2. The summed E-state index contributed by atoms with van der Waals surface area (Å²) in [5, 5.41) is 4.52. The van der Waals surface area contributed by atoms with E-state index in [2.05, 4.69) is 15.3 Å². The molecule has 0 fully saturated rings. The van der Waals surface area contributed by atoms with Gasteiger partial charge in [-0.2, -0.15) is 0 Å². The van der Waals surface area contributed by atoms with Gasteiger partial charge in [0.25, 0.3) is 5.91 Å². The summed E-state index contributed by atoms with van der Waals surface area (Å²) in [6.07, 6.45) is 5.47. The lowest BCUT2D eigenvalue weighted by Crippen LogP contribution is -2.13. The van der Waals surface area contributed by atoms with Gasteiger partial charge in [0.05, 0.1) is 0 Å². The first-order valence-electron chi connectivity index (χ1n) is 8.47. The highest BCUT2D eigenvalue weighted by atomic mass is 35.5. The molecule has 2 aromatic heterocycles. The molecular weight excluding hydrogens is 358 g/mol. The second-order valence-corrected chi connectivity index (χ2v) is 6.47. The number of fused-ring (bicyclic) bond motifs is 1. The van der Waals surface area contributed by atoms with Gasteiger partial charge in [-0.15, -0.1) is 0 Å². The molecule has 0 unspecified atom stereocenters. The van der Waals surface area contributed by atoms with Gasteiger partial charge in [-0.1, -0.05) is 41.9 Å². The van der Waals surface area contributed by atoms with Crippen LogP contribution in [0.2, 0.25) is 5.02 Å². The van der Waals surface area contributed by atoms with Gasteiger partial charge in [0.1, 0.15) is 5.65 Å². The van der Waals surface area contributed by atoms with Crippen LogP contribution in [0.15, 0.2) is 79.1 Å².